The quantitative estimate of drug-likeness (QED) is 0.147. The average Bonchev–Trinajstić information content (AvgIpc) is 1.74. The number of nitrogens with zero attached hydrogens (tertiary/aromatic N) is 10. The van der Waals surface area contributed by atoms with Crippen LogP contribution in [0.4, 0.5) is 11.4 Å². The van der Waals surface area contributed by atoms with Gasteiger partial charge in [-0.25, -0.2) is 0 Å². The summed E-state index contributed by atoms with van der Waals surface area (Å²) in [7, 11) is 22.1. The molecule has 0 amide bonds. The number of rotatable bonds is 0. The summed E-state index contributed by atoms with van der Waals surface area (Å²) in [4.78, 5) is 24.3. The summed E-state index contributed by atoms with van der Waals surface area (Å²) in [6.07, 6.45) is 47.0. The third-order valence-corrected chi connectivity index (χ3v) is 31.9. The molecule has 0 radical (unpaired) electrons. The summed E-state index contributed by atoms with van der Waals surface area (Å²) in [6.45, 7) is 29.0. The van der Waals surface area contributed by atoms with Gasteiger partial charge in [-0.1, -0.05) is 210 Å². The normalized spacial score (nSPS) is 30.3. The molecule has 4 saturated heterocycles. The van der Waals surface area contributed by atoms with E-state index < -0.39 is 0 Å². The SMILES string of the molecule is CC1=Cc2ccccc2CN1C.CC1C2CCCCC2CCN1C.CC1C=Cc2ccccc2N1C.CC1CC2CCCCC2CN1C.CC1CC2CCCCC2N1C.CC1CCC2CCCCC2N1C.CC1CCc2ccccc2N1C.CC1Cc2ccccc2CN1C.CC1c2ccccc2C=CN1C.CC1c2ccccc2CCN1C. The van der Waals surface area contributed by atoms with Crippen molar-refractivity contribution in [3.05, 3.63) is 219 Å². The molecular weight excluding hydrogens is 1450 g/mol. The van der Waals surface area contributed by atoms with Gasteiger partial charge >= 0.3 is 0 Å². The molecule has 0 N–H and O–H groups in total. The van der Waals surface area contributed by atoms with Gasteiger partial charge < -0.3 is 39.2 Å². The van der Waals surface area contributed by atoms with E-state index in [1.165, 1.54) is 253 Å². The Balaban J connectivity index is 0.000000129. The maximum absolute atomic E-state index is 2.63. The third-order valence-electron chi connectivity index (χ3n) is 31.9. The minimum atomic E-state index is 0.506. The summed E-state index contributed by atoms with van der Waals surface area (Å²) >= 11 is 0. The first-order chi connectivity index (χ1) is 57.3. The number of likely N-dealkylation sites (tertiary alicyclic amines) is 4. The molecule has 10 heterocycles. The molecule has 6 aromatic rings. The number of hydrogen-bond donors (Lipinski definition) is 0. The highest BCUT2D eigenvalue weighted by Crippen LogP contribution is 2.43. The molecule has 652 valence electrons. The number of fused-ring (bicyclic) bond motifs is 10. The van der Waals surface area contributed by atoms with Crippen molar-refractivity contribution in [2.45, 2.75) is 309 Å². The zero-order valence-corrected chi connectivity index (χ0v) is 78.7. The third kappa shape index (κ3) is 25.4. The molecular formula is C109H166N10. The van der Waals surface area contributed by atoms with Crippen LogP contribution < -0.4 is 9.80 Å². The van der Waals surface area contributed by atoms with Crippen LogP contribution in [-0.4, -0.2) is 184 Å². The second kappa shape index (κ2) is 45.8. The van der Waals surface area contributed by atoms with E-state index in [9.17, 15) is 0 Å². The van der Waals surface area contributed by atoms with Crippen molar-refractivity contribution in [1.82, 2.24) is 39.2 Å². The topological polar surface area (TPSA) is 32.4 Å². The number of aryl methyl sites for hydroxylation is 1. The van der Waals surface area contributed by atoms with Crippen LogP contribution in [0.3, 0.4) is 0 Å². The van der Waals surface area contributed by atoms with Crippen molar-refractivity contribution in [3.8, 4) is 0 Å². The van der Waals surface area contributed by atoms with E-state index in [-0.39, 0.29) is 0 Å². The summed E-state index contributed by atoms with van der Waals surface area (Å²) in [5.74, 6) is 6.30. The van der Waals surface area contributed by atoms with Crippen molar-refractivity contribution in [1.29, 1.82) is 0 Å². The Morgan fingerprint density at radius 1 is 0.336 bits per heavy atom. The molecule has 20 rings (SSSR count). The summed E-state index contributed by atoms with van der Waals surface area (Å²) < 4.78 is 0. The summed E-state index contributed by atoms with van der Waals surface area (Å²) in [6, 6.07) is 60.0. The van der Waals surface area contributed by atoms with Crippen LogP contribution in [0, 0.1) is 35.5 Å². The molecule has 14 aliphatic rings. The van der Waals surface area contributed by atoms with Crippen LogP contribution in [-0.2, 0) is 32.4 Å². The molecule has 0 spiro atoms. The van der Waals surface area contributed by atoms with Crippen LogP contribution in [0.1, 0.15) is 278 Å². The first-order valence-corrected chi connectivity index (χ1v) is 48.0. The minimum absolute atomic E-state index is 0.506. The average molecular weight is 1620 g/mol. The van der Waals surface area contributed by atoms with E-state index in [1.807, 2.05) is 0 Å². The zero-order valence-electron chi connectivity index (χ0n) is 78.7. The molecule has 10 heteroatoms. The Hall–Kier alpha value is -6.50. The Labute approximate surface area is 728 Å². The fourth-order valence-electron chi connectivity index (χ4n) is 22.3. The maximum Gasteiger partial charge on any atom is 0.0511 e. The maximum atomic E-state index is 2.63. The molecule has 17 unspecified atom stereocenters. The lowest BCUT2D eigenvalue weighted by molar-refractivity contribution is 0.0447. The van der Waals surface area contributed by atoms with Crippen molar-refractivity contribution in [2.75, 3.05) is 99.9 Å². The van der Waals surface area contributed by atoms with Gasteiger partial charge in [0.25, 0.3) is 0 Å². The highest BCUT2D eigenvalue weighted by Gasteiger charge is 2.39. The van der Waals surface area contributed by atoms with Crippen LogP contribution in [0.15, 0.2) is 164 Å². The van der Waals surface area contributed by atoms with E-state index in [4.69, 9.17) is 0 Å². The van der Waals surface area contributed by atoms with Crippen LogP contribution in [0.5, 0.6) is 0 Å². The van der Waals surface area contributed by atoms with E-state index in [0.717, 1.165) is 84.8 Å². The monoisotopic (exact) mass is 1620 g/mol. The number of piperidine rings is 3. The van der Waals surface area contributed by atoms with Gasteiger partial charge in [0.05, 0.1) is 6.04 Å². The summed E-state index contributed by atoms with van der Waals surface area (Å²) in [5, 5.41) is 0. The molecule has 119 heavy (non-hydrogen) atoms. The van der Waals surface area contributed by atoms with Crippen LogP contribution in [0.25, 0.3) is 18.2 Å². The molecule has 4 saturated carbocycles. The lowest BCUT2D eigenvalue weighted by atomic mass is 9.71. The molecule has 0 bridgehead atoms. The number of para-hydroxylation sites is 2. The largest absolute Gasteiger partial charge is 0.374 e. The Bertz CT molecular complexity index is 3880. The standard InChI is InChI=1S/C11H21N.C11H15N.C11H13N.C11H21N.C11H15N.C11H13N.C11H21N.C11H15N.C11H13N.C10H19N/c3*1-9-7-10-5-3-4-6-11(10)8-12(9)2;3*1-9-11-6-4-3-5-10(11)7-8-12(9)2;3*1-9-7-8-10-5-3-4-6-11(10)12(9)2;1-8-7-9-5-3-4-6-10(9)11(8)2/h9-11H,3-8H2,1-2H3;3-6,9H,7-8H2,1-2H3;3-7H,8H2,1-2H3;9-11H,3-8H2,1-2H3;3-6,9H,7-8H2,1-2H3;3-9H,1-2H3;9-11H,3-8H2,1-2H3;3-6,9H,7-8H2,1-2H3;3-9H,1-2H3;8-10H,3-7H2,1-2H3. The Morgan fingerprint density at radius 2 is 0.882 bits per heavy atom. The van der Waals surface area contributed by atoms with E-state index in [2.05, 4.69) is 365 Å². The zero-order chi connectivity index (χ0) is 84.8. The second-order valence-electron chi connectivity index (χ2n) is 39.5. The fourth-order valence-corrected chi connectivity index (χ4v) is 22.3. The molecule has 8 fully saturated rings. The van der Waals surface area contributed by atoms with Gasteiger partial charge in [0, 0.05) is 132 Å². The number of likely N-dealkylation sites (N-methyl/N-ethyl adjacent to an activating group) is 3. The lowest BCUT2D eigenvalue weighted by Crippen LogP contribution is -2.48. The molecule has 4 aliphatic carbocycles. The van der Waals surface area contributed by atoms with Crippen molar-refractivity contribution in [2.24, 2.45) is 35.5 Å². The minimum Gasteiger partial charge on any atom is -0.374 e. The fraction of sp³-hybridized carbons (Fsp3) is 0.615. The van der Waals surface area contributed by atoms with Gasteiger partial charge in [-0.05, 0) is 336 Å². The van der Waals surface area contributed by atoms with Gasteiger partial charge in [-0.15, -0.1) is 0 Å². The number of benzene rings is 6. The van der Waals surface area contributed by atoms with E-state index in [0.29, 0.717) is 30.2 Å². The molecule has 6 aromatic carbocycles. The molecule has 0 aromatic heterocycles. The van der Waals surface area contributed by atoms with Crippen molar-refractivity contribution >= 4 is 29.6 Å². The highest BCUT2D eigenvalue weighted by molar-refractivity contribution is 5.71. The van der Waals surface area contributed by atoms with E-state index >= 15 is 0 Å². The molecule has 10 nitrogen and oxygen atoms in total. The van der Waals surface area contributed by atoms with Gasteiger partial charge in [-0.2, -0.15) is 0 Å². The molecule has 10 aliphatic heterocycles. The highest BCUT2D eigenvalue weighted by atomic mass is 15.2. The predicted octanol–water partition coefficient (Wildman–Crippen LogP) is 24.4. The van der Waals surface area contributed by atoms with Crippen molar-refractivity contribution < 1.29 is 0 Å². The first kappa shape index (κ1) is 93.2. The van der Waals surface area contributed by atoms with Gasteiger partial charge in [0.1, 0.15) is 0 Å². The second-order valence-corrected chi connectivity index (χ2v) is 39.5. The smallest absolute Gasteiger partial charge is 0.0511 e. The van der Waals surface area contributed by atoms with Gasteiger partial charge in [0.15, 0.2) is 0 Å². The number of allylic oxidation sites excluding steroid dienone is 1. The Kier molecular flexibility index (Phi) is 35.8. The van der Waals surface area contributed by atoms with Gasteiger partial charge in [-0.3, -0.25) is 9.80 Å². The number of hydrogen-bond acceptors (Lipinski definition) is 10. The van der Waals surface area contributed by atoms with E-state index in [1.54, 1.807) is 0 Å². The Morgan fingerprint density at radius 3 is 1.59 bits per heavy atom. The molecule has 17 atom stereocenters. The summed E-state index contributed by atoms with van der Waals surface area (Å²) in [5.41, 5.74) is 18.5. The van der Waals surface area contributed by atoms with Crippen LogP contribution in [0.2, 0.25) is 0 Å². The first-order valence-electron chi connectivity index (χ1n) is 48.0. The lowest BCUT2D eigenvalue weighted by Gasteiger charge is -2.45. The number of anilines is 2. The predicted molar refractivity (Wildman–Crippen MR) is 516 cm³/mol. The van der Waals surface area contributed by atoms with Gasteiger partial charge in [0.2, 0.25) is 0 Å². The van der Waals surface area contributed by atoms with Crippen LogP contribution >= 0.6 is 0 Å². The van der Waals surface area contributed by atoms with Crippen molar-refractivity contribution in [3.63, 3.8) is 0 Å².